The van der Waals surface area contributed by atoms with Gasteiger partial charge in [0, 0.05) is 25.2 Å². The van der Waals surface area contributed by atoms with Gasteiger partial charge in [-0.05, 0) is 18.5 Å². The molecule has 1 N–H and O–H groups in total. The molecule has 2 bridgehead atoms. The quantitative estimate of drug-likeness (QED) is 0.830. The van der Waals surface area contributed by atoms with Gasteiger partial charge in [-0.3, -0.25) is 4.90 Å². The number of rotatable bonds is 2. The number of nitrogens with zero attached hydrogens (tertiary/aromatic N) is 1. The van der Waals surface area contributed by atoms with Crippen molar-refractivity contribution in [1.29, 1.82) is 0 Å². The molecule has 0 aliphatic carbocycles. The van der Waals surface area contributed by atoms with E-state index in [4.69, 9.17) is 4.74 Å². The van der Waals surface area contributed by atoms with Crippen molar-refractivity contribution in [2.24, 2.45) is 0 Å². The van der Waals surface area contributed by atoms with E-state index in [0.29, 0.717) is 12.1 Å². The summed E-state index contributed by atoms with van der Waals surface area (Å²) in [5.74, 6) is 0. The number of benzene rings is 1. The van der Waals surface area contributed by atoms with E-state index in [0.717, 1.165) is 32.8 Å². The van der Waals surface area contributed by atoms with E-state index in [2.05, 4.69) is 40.5 Å². The number of ether oxygens (including phenoxy) is 1. The van der Waals surface area contributed by atoms with Crippen LogP contribution in [-0.2, 0) is 11.3 Å². The van der Waals surface area contributed by atoms with Gasteiger partial charge in [0.15, 0.2) is 0 Å². The van der Waals surface area contributed by atoms with E-state index in [1.165, 1.54) is 12.0 Å². The maximum Gasteiger partial charge on any atom is 0.0635 e. The van der Waals surface area contributed by atoms with Gasteiger partial charge >= 0.3 is 0 Å². The van der Waals surface area contributed by atoms with E-state index >= 15 is 0 Å². The van der Waals surface area contributed by atoms with Crippen LogP contribution in [0.3, 0.4) is 0 Å². The highest BCUT2D eigenvalue weighted by Gasteiger charge is 2.32. The Morgan fingerprint density at radius 2 is 2.00 bits per heavy atom. The normalized spacial score (nSPS) is 29.9. The summed E-state index contributed by atoms with van der Waals surface area (Å²) in [4.78, 5) is 2.62. The lowest BCUT2D eigenvalue weighted by atomic mass is 10.1. The molecule has 0 aromatic heterocycles. The molecule has 2 aliphatic heterocycles. The zero-order chi connectivity index (χ0) is 11.5. The summed E-state index contributed by atoms with van der Waals surface area (Å²) in [6.07, 6.45) is 1.20. The highest BCUT2D eigenvalue weighted by Crippen LogP contribution is 2.21. The molecule has 92 valence electrons. The largest absolute Gasteiger partial charge is 0.378 e. The molecule has 3 nitrogen and oxygen atoms in total. The third-order valence-electron chi connectivity index (χ3n) is 3.80. The topological polar surface area (TPSA) is 24.5 Å². The van der Waals surface area contributed by atoms with Crippen LogP contribution in [0.15, 0.2) is 30.3 Å². The van der Waals surface area contributed by atoms with Crippen molar-refractivity contribution in [2.45, 2.75) is 25.0 Å². The van der Waals surface area contributed by atoms with Crippen molar-refractivity contribution < 1.29 is 4.74 Å². The molecular formula is C14H20N2O. The molecular weight excluding hydrogens is 212 g/mol. The second-order valence-corrected chi connectivity index (χ2v) is 5.00. The summed E-state index contributed by atoms with van der Waals surface area (Å²) in [7, 11) is 0. The van der Waals surface area contributed by atoms with Crippen molar-refractivity contribution in [3.8, 4) is 0 Å². The summed E-state index contributed by atoms with van der Waals surface area (Å²) in [6.45, 7) is 5.00. The van der Waals surface area contributed by atoms with Crippen LogP contribution in [-0.4, -0.2) is 43.3 Å². The fraction of sp³-hybridized carbons (Fsp3) is 0.571. The Balaban J connectivity index is 1.76. The Hall–Kier alpha value is -0.900. The lowest BCUT2D eigenvalue weighted by Gasteiger charge is -2.40. The van der Waals surface area contributed by atoms with E-state index in [1.807, 2.05) is 0 Å². The maximum atomic E-state index is 5.70. The van der Waals surface area contributed by atoms with Crippen LogP contribution >= 0.6 is 0 Å². The van der Waals surface area contributed by atoms with Gasteiger partial charge in [0.25, 0.3) is 0 Å². The van der Waals surface area contributed by atoms with Crippen LogP contribution in [0.25, 0.3) is 0 Å². The summed E-state index contributed by atoms with van der Waals surface area (Å²) < 4.78 is 5.70. The number of hydrogen-bond donors (Lipinski definition) is 1. The van der Waals surface area contributed by atoms with Gasteiger partial charge < -0.3 is 10.1 Å². The number of fused-ring (bicyclic) bond motifs is 2. The fourth-order valence-electron chi connectivity index (χ4n) is 2.84. The van der Waals surface area contributed by atoms with Gasteiger partial charge in [0.2, 0.25) is 0 Å². The van der Waals surface area contributed by atoms with Gasteiger partial charge in [-0.25, -0.2) is 0 Å². The first kappa shape index (κ1) is 11.2. The van der Waals surface area contributed by atoms with Gasteiger partial charge in [-0.15, -0.1) is 0 Å². The maximum absolute atomic E-state index is 5.70. The number of nitrogens with one attached hydrogen (secondary N) is 1. The minimum absolute atomic E-state index is 0.538. The third-order valence-corrected chi connectivity index (χ3v) is 3.80. The first-order chi connectivity index (χ1) is 8.43. The van der Waals surface area contributed by atoms with Crippen LogP contribution in [0.5, 0.6) is 0 Å². The van der Waals surface area contributed by atoms with Crippen LogP contribution in [0, 0.1) is 0 Å². The van der Waals surface area contributed by atoms with Crippen LogP contribution in [0.1, 0.15) is 12.0 Å². The summed E-state index contributed by atoms with van der Waals surface area (Å²) in [5, 5.41) is 3.51. The van der Waals surface area contributed by atoms with Crippen molar-refractivity contribution in [1.82, 2.24) is 10.2 Å². The van der Waals surface area contributed by atoms with Crippen molar-refractivity contribution >= 4 is 0 Å². The first-order valence-corrected chi connectivity index (χ1v) is 6.51. The monoisotopic (exact) mass is 232 g/mol. The third kappa shape index (κ3) is 2.51. The second kappa shape index (κ2) is 5.17. The van der Waals surface area contributed by atoms with E-state index in [1.54, 1.807) is 0 Å². The zero-order valence-corrected chi connectivity index (χ0v) is 10.1. The first-order valence-electron chi connectivity index (χ1n) is 6.51. The van der Waals surface area contributed by atoms with Crippen molar-refractivity contribution in [3.05, 3.63) is 35.9 Å². The molecule has 2 atom stereocenters. The lowest BCUT2D eigenvalue weighted by Crippen LogP contribution is -2.52. The number of hydrogen-bond acceptors (Lipinski definition) is 3. The van der Waals surface area contributed by atoms with Gasteiger partial charge in [0.1, 0.15) is 0 Å². The van der Waals surface area contributed by atoms with Crippen LogP contribution < -0.4 is 5.32 Å². The second-order valence-electron chi connectivity index (χ2n) is 5.00. The highest BCUT2D eigenvalue weighted by atomic mass is 16.5. The minimum atomic E-state index is 0.538. The summed E-state index contributed by atoms with van der Waals surface area (Å²) in [6, 6.07) is 11.9. The Morgan fingerprint density at radius 1 is 1.18 bits per heavy atom. The Morgan fingerprint density at radius 3 is 2.88 bits per heavy atom. The van der Waals surface area contributed by atoms with Gasteiger partial charge in [-0.2, -0.15) is 0 Å². The van der Waals surface area contributed by atoms with E-state index < -0.39 is 0 Å². The molecule has 2 saturated heterocycles. The van der Waals surface area contributed by atoms with E-state index in [9.17, 15) is 0 Å². The molecule has 2 unspecified atom stereocenters. The molecule has 1 aromatic rings. The fourth-order valence-corrected chi connectivity index (χ4v) is 2.84. The Bertz CT molecular complexity index is 340. The minimum Gasteiger partial charge on any atom is -0.378 e. The molecule has 0 spiro atoms. The molecule has 3 heteroatoms. The molecule has 0 radical (unpaired) electrons. The van der Waals surface area contributed by atoms with Crippen molar-refractivity contribution in [3.63, 3.8) is 0 Å². The molecule has 1 aromatic carbocycles. The van der Waals surface area contributed by atoms with Gasteiger partial charge in [-0.1, -0.05) is 30.3 Å². The summed E-state index contributed by atoms with van der Waals surface area (Å²) in [5.41, 5.74) is 1.41. The molecule has 2 heterocycles. The molecule has 0 amide bonds. The predicted molar refractivity (Wildman–Crippen MR) is 67.9 cm³/mol. The Labute approximate surface area is 103 Å². The van der Waals surface area contributed by atoms with Crippen LogP contribution in [0.2, 0.25) is 0 Å². The van der Waals surface area contributed by atoms with Crippen molar-refractivity contribution in [2.75, 3.05) is 26.3 Å². The smallest absolute Gasteiger partial charge is 0.0635 e. The molecule has 2 fully saturated rings. The molecule has 17 heavy (non-hydrogen) atoms. The van der Waals surface area contributed by atoms with E-state index in [-0.39, 0.29) is 0 Å². The molecule has 3 rings (SSSR count). The highest BCUT2D eigenvalue weighted by molar-refractivity contribution is 5.15. The lowest BCUT2D eigenvalue weighted by molar-refractivity contribution is -0.0466. The zero-order valence-electron chi connectivity index (χ0n) is 10.1. The summed E-state index contributed by atoms with van der Waals surface area (Å²) >= 11 is 0. The number of morpholine rings is 1. The van der Waals surface area contributed by atoms with Crippen LogP contribution in [0.4, 0.5) is 0 Å². The standard InChI is InChI=1S/C14H20N2O/c1-2-4-12(5-3-1)9-16-13-6-7-15-8-14(16)11-17-10-13/h1-5,13-15H,6-11H2. The van der Waals surface area contributed by atoms with Gasteiger partial charge in [0.05, 0.1) is 13.2 Å². The molecule has 0 saturated carbocycles. The SMILES string of the molecule is c1ccc(CN2C3CCNCC2COC3)cc1. The average Bonchev–Trinajstić information content (AvgIpc) is 2.49. The average molecular weight is 232 g/mol. The Kier molecular flexibility index (Phi) is 3.41. The molecule has 2 aliphatic rings. The predicted octanol–water partition coefficient (Wildman–Crippen LogP) is 1.25.